The first-order valence-electron chi connectivity index (χ1n) is 11.1. The number of nitrogens with zero attached hydrogens (tertiary/aromatic N) is 2. The lowest BCUT2D eigenvalue weighted by molar-refractivity contribution is 0.202. The molecule has 1 aromatic carbocycles. The van der Waals surface area contributed by atoms with Crippen LogP contribution in [0.25, 0.3) is 10.9 Å². The van der Waals surface area contributed by atoms with E-state index in [1.807, 2.05) is 30.5 Å². The Morgan fingerprint density at radius 1 is 1.17 bits per heavy atom. The van der Waals surface area contributed by atoms with Crippen molar-refractivity contribution in [1.29, 1.82) is 0 Å². The zero-order valence-corrected chi connectivity index (χ0v) is 18.9. The molecule has 0 bridgehead atoms. The SMILES string of the molecule is CC(C)(CNc1ccnc2cc(Cl)ccc12)CNC1CCN(CC2=CCC=C2)CC1. The molecule has 5 heteroatoms. The van der Waals surface area contributed by atoms with Gasteiger partial charge in [-0.2, -0.15) is 0 Å². The first-order valence-corrected chi connectivity index (χ1v) is 11.5. The summed E-state index contributed by atoms with van der Waals surface area (Å²) in [6.45, 7) is 10.0. The van der Waals surface area contributed by atoms with E-state index in [4.69, 9.17) is 11.6 Å². The third-order valence-corrected chi connectivity index (χ3v) is 6.41. The van der Waals surface area contributed by atoms with Gasteiger partial charge in [-0.05, 0) is 67.6 Å². The van der Waals surface area contributed by atoms with Crippen molar-refractivity contribution in [1.82, 2.24) is 15.2 Å². The van der Waals surface area contributed by atoms with Crippen LogP contribution in [0.15, 0.2) is 54.3 Å². The molecule has 2 N–H and O–H groups in total. The van der Waals surface area contributed by atoms with E-state index in [2.05, 4.69) is 52.6 Å². The molecule has 2 aromatic rings. The van der Waals surface area contributed by atoms with E-state index in [-0.39, 0.29) is 5.41 Å². The van der Waals surface area contributed by atoms with Gasteiger partial charge in [0.25, 0.3) is 0 Å². The molecule has 0 unspecified atom stereocenters. The minimum absolute atomic E-state index is 0.151. The van der Waals surface area contributed by atoms with Gasteiger partial charge in [-0.1, -0.05) is 43.7 Å². The third kappa shape index (κ3) is 5.63. The van der Waals surface area contributed by atoms with E-state index in [0.29, 0.717) is 6.04 Å². The number of piperidine rings is 1. The number of nitrogens with one attached hydrogen (secondary N) is 2. The van der Waals surface area contributed by atoms with Crippen molar-refractivity contribution < 1.29 is 0 Å². The maximum atomic E-state index is 6.11. The van der Waals surface area contributed by atoms with Gasteiger partial charge in [0.15, 0.2) is 0 Å². The predicted molar refractivity (Wildman–Crippen MR) is 128 cm³/mol. The molecule has 1 aliphatic carbocycles. The number of likely N-dealkylation sites (tertiary alicyclic amines) is 1. The van der Waals surface area contributed by atoms with E-state index < -0.39 is 0 Å². The molecule has 0 radical (unpaired) electrons. The normalized spacial score (nSPS) is 18.2. The number of halogens is 1. The highest BCUT2D eigenvalue weighted by atomic mass is 35.5. The molecule has 1 aliphatic heterocycles. The van der Waals surface area contributed by atoms with Gasteiger partial charge < -0.3 is 10.6 Å². The standard InChI is InChI=1S/C25H33ClN4/c1-25(2,18-29-23-9-12-27-24-15-20(26)7-8-22(23)24)17-28-21-10-13-30(14-11-21)16-19-5-3-4-6-19/h3,5-9,12,15,21,28H,4,10-11,13-14,16-18H2,1-2H3,(H,27,29). The Hall–Kier alpha value is -1.88. The highest BCUT2D eigenvalue weighted by Crippen LogP contribution is 2.26. The van der Waals surface area contributed by atoms with Crippen molar-refractivity contribution in [3.63, 3.8) is 0 Å². The zero-order chi connectivity index (χ0) is 21.0. The number of rotatable bonds is 8. The van der Waals surface area contributed by atoms with Crippen LogP contribution in [0.1, 0.15) is 33.1 Å². The summed E-state index contributed by atoms with van der Waals surface area (Å²) in [7, 11) is 0. The zero-order valence-electron chi connectivity index (χ0n) is 18.1. The molecule has 0 amide bonds. The number of pyridine rings is 1. The van der Waals surface area contributed by atoms with Crippen LogP contribution >= 0.6 is 11.6 Å². The summed E-state index contributed by atoms with van der Waals surface area (Å²) < 4.78 is 0. The highest BCUT2D eigenvalue weighted by Gasteiger charge is 2.23. The maximum absolute atomic E-state index is 6.11. The Balaban J connectivity index is 1.24. The Morgan fingerprint density at radius 2 is 2.00 bits per heavy atom. The van der Waals surface area contributed by atoms with E-state index in [1.54, 1.807) is 0 Å². The van der Waals surface area contributed by atoms with Crippen LogP contribution in [-0.4, -0.2) is 48.6 Å². The minimum atomic E-state index is 0.151. The molecule has 1 saturated heterocycles. The van der Waals surface area contributed by atoms with Crippen LogP contribution in [0.5, 0.6) is 0 Å². The van der Waals surface area contributed by atoms with Crippen LogP contribution in [0.3, 0.4) is 0 Å². The largest absolute Gasteiger partial charge is 0.384 e. The van der Waals surface area contributed by atoms with Gasteiger partial charge in [-0.25, -0.2) is 0 Å². The average Bonchev–Trinajstić information content (AvgIpc) is 3.24. The molecule has 2 heterocycles. The molecule has 30 heavy (non-hydrogen) atoms. The predicted octanol–water partition coefficient (Wildman–Crippen LogP) is 5.27. The number of aromatic nitrogens is 1. The lowest BCUT2D eigenvalue weighted by Gasteiger charge is -2.35. The van der Waals surface area contributed by atoms with E-state index in [9.17, 15) is 0 Å². The topological polar surface area (TPSA) is 40.2 Å². The third-order valence-electron chi connectivity index (χ3n) is 6.17. The van der Waals surface area contributed by atoms with Crippen molar-refractivity contribution in [3.8, 4) is 0 Å². The van der Waals surface area contributed by atoms with Crippen molar-refractivity contribution in [2.75, 3.05) is 38.0 Å². The van der Waals surface area contributed by atoms with Crippen LogP contribution < -0.4 is 10.6 Å². The Kier molecular flexibility index (Phi) is 6.77. The van der Waals surface area contributed by atoms with Gasteiger partial charge in [-0.15, -0.1) is 0 Å². The smallest absolute Gasteiger partial charge is 0.0737 e. The van der Waals surface area contributed by atoms with E-state index >= 15 is 0 Å². The molecule has 0 atom stereocenters. The number of hydrogen-bond donors (Lipinski definition) is 2. The minimum Gasteiger partial charge on any atom is -0.384 e. The number of hydrogen-bond acceptors (Lipinski definition) is 4. The van der Waals surface area contributed by atoms with Crippen LogP contribution in [0, 0.1) is 5.41 Å². The molecule has 0 spiro atoms. The van der Waals surface area contributed by atoms with Crippen LogP contribution in [0.2, 0.25) is 5.02 Å². The monoisotopic (exact) mass is 424 g/mol. The van der Waals surface area contributed by atoms with Gasteiger partial charge >= 0.3 is 0 Å². The van der Waals surface area contributed by atoms with Gasteiger partial charge in [0.1, 0.15) is 0 Å². The second kappa shape index (κ2) is 9.51. The molecule has 160 valence electrons. The Labute approximate surface area is 185 Å². The van der Waals surface area contributed by atoms with Crippen LogP contribution in [-0.2, 0) is 0 Å². The van der Waals surface area contributed by atoms with Gasteiger partial charge in [0, 0.05) is 48.0 Å². The van der Waals surface area contributed by atoms with Crippen molar-refractivity contribution >= 4 is 28.2 Å². The fourth-order valence-electron chi connectivity index (χ4n) is 4.27. The molecule has 4 nitrogen and oxygen atoms in total. The summed E-state index contributed by atoms with van der Waals surface area (Å²) in [6.07, 6.45) is 12.3. The highest BCUT2D eigenvalue weighted by molar-refractivity contribution is 6.31. The summed E-state index contributed by atoms with van der Waals surface area (Å²) in [5.41, 5.74) is 3.69. The molecule has 4 rings (SSSR count). The second-order valence-electron chi connectivity index (χ2n) is 9.39. The summed E-state index contributed by atoms with van der Waals surface area (Å²) >= 11 is 6.11. The first kappa shape index (κ1) is 21.4. The molecule has 2 aliphatic rings. The van der Waals surface area contributed by atoms with Crippen molar-refractivity contribution in [3.05, 3.63) is 59.3 Å². The van der Waals surface area contributed by atoms with Crippen molar-refractivity contribution in [2.45, 2.75) is 39.2 Å². The maximum Gasteiger partial charge on any atom is 0.0737 e. The summed E-state index contributed by atoms with van der Waals surface area (Å²) in [5, 5.41) is 9.31. The summed E-state index contributed by atoms with van der Waals surface area (Å²) in [4.78, 5) is 7.03. The average molecular weight is 425 g/mol. The molecule has 0 saturated carbocycles. The number of fused-ring (bicyclic) bond motifs is 1. The Morgan fingerprint density at radius 3 is 2.77 bits per heavy atom. The van der Waals surface area contributed by atoms with E-state index in [1.165, 1.54) is 31.5 Å². The summed E-state index contributed by atoms with van der Waals surface area (Å²) in [5.74, 6) is 0. The van der Waals surface area contributed by atoms with Gasteiger partial charge in [0.2, 0.25) is 0 Å². The number of allylic oxidation sites excluding steroid dienone is 2. The number of benzene rings is 1. The fraction of sp³-hybridized carbons (Fsp3) is 0.480. The molecule has 1 aromatic heterocycles. The quantitative estimate of drug-likeness (QED) is 0.605. The van der Waals surface area contributed by atoms with Gasteiger partial charge in [-0.3, -0.25) is 9.88 Å². The molecular weight excluding hydrogens is 392 g/mol. The lowest BCUT2D eigenvalue weighted by Crippen LogP contribution is -2.46. The van der Waals surface area contributed by atoms with E-state index in [0.717, 1.165) is 47.7 Å². The lowest BCUT2D eigenvalue weighted by atomic mass is 9.92. The molecular formula is C25H33ClN4. The van der Waals surface area contributed by atoms with Crippen molar-refractivity contribution in [2.24, 2.45) is 5.41 Å². The fourth-order valence-corrected chi connectivity index (χ4v) is 4.44. The van der Waals surface area contributed by atoms with Gasteiger partial charge in [0.05, 0.1) is 5.52 Å². The Bertz CT molecular complexity index is 926. The number of anilines is 1. The first-order chi connectivity index (χ1) is 14.5. The molecule has 1 fully saturated rings. The summed E-state index contributed by atoms with van der Waals surface area (Å²) in [6, 6.07) is 8.56. The second-order valence-corrected chi connectivity index (χ2v) is 9.82. The van der Waals surface area contributed by atoms with Crippen LogP contribution in [0.4, 0.5) is 5.69 Å².